The number of carbonyl (C=O) groups excluding carboxylic acids is 2. The van der Waals surface area contributed by atoms with Crippen LogP contribution in [0.2, 0.25) is 0 Å². The van der Waals surface area contributed by atoms with Crippen LogP contribution in [0.1, 0.15) is 46.5 Å². The lowest BCUT2D eigenvalue weighted by Crippen LogP contribution is -2.62. The zero-order valence-electron chi connectivity index (χ0n) is 15.4. The second-order valence-corrected chi connectivity index (χ2v) is 9.43. The van der Waals surface area contributed by atoms with Crippen LogP contribution in [0.3, 0.4) is 0 Å². The molecule has 0 aromatic heterocycles. The first kappa shape index (κ1) is 16.8. The van der Waals surface area contributed by atoms with Crippen LogP contribution in [0, 0.1) is 22.7 Å². The van der Waals surface area contributed by atoms with Crippen molar-refractivity contribution in [3.8, 4) is 0 Å². The quantitative estimate of drug-likeness (QED) is 0.730. The van der Waals surface area contributed by atoms with Gasteiger partial charge in [-0.15, -0.1) is 0 Å². The van der Waals surface area contributed by atoms with Crippen molar-refractivity contribution >= 4 is 11.6 Å². The average Bonchev–Trinajstić information content (AvgIpc) is 3.23. The first-order valence-corrected chi connectivity index (χ1v) is 9.61. The molecule has 8 atom stereocenters. The zero-order chi connectivity index (χ0) is 18.7. The van der Waals surface area contributed by atoms with E-state index in [1.165, 1.54) is 19.1 Å². The van der Waals surface area contributed by atoms with Gasteiger partial charge in [0.2, 0.25) is 0 Å². The molecule has 1 spiro atoms. The molecule has 5 aliphatic rings. The molecule has 1 saturated heterocycles. The van der Waals surface area contributed by atoms with Crippen LogP contribution in [-0.4, -0.2) is 40.2 Å². The molecule has 1 aliphatic heterocycles. The third-order valence-corrected chi connectivity index (χ3v) is 8.66. The van der Waals surface area contributed by atoms with E-state index in [4.69, 9.17) is 4.74 Å². The van der Waals surface area contributed by atoms with Gasteiger partial charge in [0.05, 0.1) is 6.10 Å². The zero-order valence-corrected chi connectivity index (χ0v) is 15.4. The number of alkyl halides is 1. The molecule has 3 saturated carbocycles. The standard InChI is InChI=1S/C21H25FO4/c1-11(23)20(25)7-5-13-14-9-16(22)15-8-12(24)4-6-18(15,2)21(14)17(26-21)10-19(13,20)3/h4,6,8,13-14,16-17,25H,5,7,9-10H2,1-3H3/t13-,14-,16?,17?,18-,19-,20-,21-/m0/s1. The highest BCUT2D eigenvalue weighted by Gasteiger charge is 2.81. The minimum atomic E-state index is -1.35. The Morgan fingerprint density at radius 1 is 1.35 bits per heavy atom. The van der Waals surface area contributed by atoms with Crippen LogP contribution in [0.15, 0.2) is 23.8 Å². The van der Waals surface area contributed by atoms with Crippen molar-refractivity contribution in [2.75, 3.05) is 0 Å². The molecule has 2 unspecified atom stereocenters. The first-order valence-electron chi connectivity index (χ1n) is 9.61. The van der Waals surface area contributed by atoms with Gasteiger partial charge in [-0.05, 0) is 69.1 Å². The predicted octanol–water partition coefficient (Wildman–Crippen LogP) is 2.69. The van der Waals surface area contributed by atoms with E-state index in [1.807, 2.05) is 19.9 Å². The molecule has 4 fully saturated rings. The molecule has 0 amide bonds. The van der Waals surface area contributed by atoms with Crippen LogP contribution in [0.5, 0.6) is 0 Å². The summed E-state index contributed by atoms with van der Waals surface area (Å²) in [4.78, 5) is 24.1. The Morgan fingerprint density at radius 2 is 2.08 bits per heavy atom. The maximum atomic E-state index is 15.2. The number of hydrogen-bond donors (Lipinski definition) is 1. The van der Waals surface area contributed by atoms with E-state index in [-0.39, 0.29) is 29.5 Å². The number of allylic oxidation sites excluding steroid dienone is 2. The number of halogens is 1. The van der Waals surface area contributed by atoms with E-state index in [0.29, 0.717) is 31.3 Å². The predicted molar refractivity (Wildman–Crippen MR) is 92.0 cm³/mol. The minimum Gasteiger partial charge on any atom is -0.382 e. The number of hydrogen-bond acceptors (Lipinski definition) is 4. The summed E-state index contributed by atoms with van der Waals surface area (Å²) in [5, 5.41) is 11.2. The average molecular weight is 360 g/mol. The van der Waals surface area contributed by atoms with Gasteiger partial charge >= 0.3 is 0 Å². The molecule has 140 valence electrons. The number of aliphatic hydroxyl groups is 1. The molecule has 4 nitrogen and oxygen atoms in total. The number of ether oxygens (including phenoxy) is 1. The SMILES string of the molecule is CC(=O)[C@@]1(O)CC[C@H]2[C@@H]3CC(F)C4=CC(=O)C=C[C@]4(C)[C@]34OC4C[C@@]21C. The number of fused-ring (bicyclic) bond motifs is 3. The first-order chi connectivity index (χ1) is 12.1. The molecule has 0 radical (unpaired) electrons. The molecule has 0 aromatic rings. The van der Waals surface area contributed by atoms with E-state index < -0.39 is 28.2 Å². The lowest BCUT2D eigenvalue weighted by Gasteiger charge is -2.56. The number of carbonyl (C=O) groups is 2. The second-order valence-electron chi connectivity index (χ2n) is 9.43. The van der Waals surface area contributed by atoms with Crippen LogP contribution in [-0.2, 0) is 14.3 Å². The van der Waals surface area contributed by atoms with Crippen LogP contribution in [0.25, 0.3) is 0 Å². The molecule has 4 aliphatic carbocycles. The minimum absolute atomic E-state index is 0.0396. The van der Waals surface area contributed by atoms with Gasteiger partial charge in [0.1, 0.15) is 17.4 Å². The Kier molecular flexibility index (Phi) is 2.95. The second kappa shape index (κ2) is 4.56. The van der Waals surface area contributed by atoms with Gasteiger partial charge in [0.25, 0.3) is 0 Å². The van der Waals surface area contributed by atoms with Crippen LogP contribution < -0.4 is 0 Å². The Hall–Kier alpha value is -1.33. The van der Waals surface area contributed by atoms with Crippen molar-refractivity contribution in [2.24, 2.45) is 22.7 Å². The fourth-order valence-electron chi connectivity index (χ4n) is 7.22. The summed E-state index contributed by atoms with van der Waals surface area (Å²) in [6, 6.07) is 0. The summed E-state index contributed by atoms with van der Waals surface area (Å²) in [6.45, 7) is 5.42. The van der Waals surface area contributed by atoms with Gasteiger partial charge < -0.3 is 9.84 Å². The summed E-state index contributed by atoms with van der Waals surface area (Å²) < 4.78 is 21.5. The van der Waals surface area contributed by atoms with Crippen LogP contribution in [0.4, 0.5) is 4.39 Å². The van der Waals surface area contributed by atoms with E-state index in [1.54, 1.807) is 0 Å². The van der Waals surface area contributed by atoms with Crippen molar-refractivity contribution in [3.05, 3.63) is 23.8 Å². The molecule has 26 heavy (non-hydrogen) atoms. The molecule has 1 N–H and O–H groups in total. The Morgan fingerprint density at radius 3 is 2.77 bits per heavy atom. The Balaban J connectivity index is 1.63. The smallest absolute Gasteiger partial charge is 0.178 e. The van der Waals surface area contributed by atoms with E-state index >= 15 is 4.39 Å². The summed E-state index contributed by atoms with van der Waals surface area (Å²) in [6.07, 6.45) is 5.55. The topological polar surface area (TPSA) is 66.9 Å². The maximum absolute atomic E-state index is 15.2. The van der Waals surface area contributed by atoms with Gasteiger partial charge in [-0.2, -0.15) is 0 Å². The van der Waals surface area contributed by atoms with E-state index in [0.717, 1.165) is 0 Å². The molecule has 1 heterocycles. The highest BCUT2D eigenvalue weighted by atomic mass is 19.1. The van der Waals surface area contributed by atoms with Gasteiger partial charge in [0, 0.05) is 10.8 Å². The highest BCUT2D eigenvalue weighted by Crippen LogP contribution is 2.76. The third-order valence-electron chi connectivity index (χ3n) is 8.66. The van der Waals surface area contributed by atoms with Crippen molar-refractivity contribution in [1.82, 2.24) is 0 Å². The normalized spacial score (nSPS) is 56.8. The van der Waals surface area contributed by atoms with Gasteiger partial charge in [-0.3, -0.25) is 9.59 Å². The van der Waals surface area contributed by atoms with E-state index in [9.17, 15) is 14.7 Å². The molecule has 0 bridgehead atoms. The number of epoxide rings is 1. The third kappa shape index (κ3) is 1.56. The number of ketones is 2. The van der Waals surface area contributed by atoms with Crippen molar-refractivity contribution in [2.45, 2.75) is 69.9 Å². The molecule has 5 rings (SSSR count). The largest absolute Gasteiger partial charge is 0.382 e. The molecular formula is C21H25FO4. The van der Waals surface area contributed by atoms with E-state index in [2.05, 4.69) is 0 Å². The number of rotatable bonds is 1. The molecular weight excluding hydrogens is 335 g/mol. The van der Waals surface area contributed by atoms with Crippen molar-refractivity contribution in [3.63, 3.8) is 0 Å². The van der Waals surface area contributed by atoms with Gasteiger partial charge in [-0.1, -0.05) is 13.0 Å². The van der Waals surface area contributed by atoms with Gasteiger partial charge in [0.15, 0.2) is 11.6 Å². The summed E-state index contributed by atoms with van der Waals surface area (Å²) in [5.74, 6) is -0.384. The molecule has 0 aromatic carbocycles. The maximum Gasteiger partial charge on any atom is 0.178 e. The Labute approximate surface area is 152 Å². The van der Waals surface area contributed by atoms with Crippen LogP contribution >= 0.6 is 0 Å². The highest BCUT2D eigenvalue weighted by molar-refractivity contribution is 6.01. The van der Waals surface area contributed by atoms with Crippen molar-refractivity contribution < 1.29 is 23.8 Å². The fourth-order valence-corrected chi connectivity index (χ4v) is 7.22. The lowest BCUT2D eigenvalue weighted by atomic mass is 9.46. The summed E-state index contributed by atoms with van der Waals surface area (Å²) in [5.41, 5.74) is -2.54. The molecule has 5 heteroatoms. The summed E-state index contributed by atoms with van der Waals surface area (Å²) >= 11 is 0. The van der Waals surface area contributed by atoms with Crippen molar-refractivity contribution in [1.29, 1.82) is 0 Å². The monoisotopic (exact) mass is 360 g/mol. The fraction of sp³-hybridized carbons (Fsp3) is 0.714. The summed E-state index contributed by atoms with van der Waals surface area (Å²) in [7, 11) is 0. The van der Waals surface area contributed by atoms with Gasteiger partial charge in [-0.25, -0.2) is 4.39 Å². The lowest BCUT2D eigenvalue weighted by molar-refractivity contribution is -0.155. The number of Topliss-reactive ketones (excluding diaryl/α,β-unsaturated/α-hetero) is 1. The Bertz CT molecular complexity index is 802.